The van der Waals surface area contributed by atoms with Crippen LogP contribution < -0.4 is 25.3 Å². The van der Waals surface area contributed by atoms with Crippen LogP contribution in [0.5, 0.6) is 17.2 Å². The molecule has 0 bridgehead atoms. The summed E-state index contributed by atoms with van der Waals surface area (Å²) in [6.07, 6.45) is 6.15. The smallest absolute Gasteiger partial charge is 0.194 e. The second-order valence-corrected chi connectivity index (χ2v) is 7.30. The van der Waals surface area contributed by atoms with Crippen LogP contribution in [-0.2, 0) is 0 Å². The van der Waals surface area contributed by atoms with Crippen LogP contribution in [0.4, 0.5) is 0 Å². The number of rotatable bonds is 4. The quantitative estimate of drug-likeness (QED) is 0.628. The van der Waals surface area contributed by atoms with Crippen LogP contribution in [0.3, 0.4) is 0 Å². The molecule has 1 aromatic heterocycles. The summed E-state index contributed by atoms with van der Waals surface area (Å²) in [6, 6.07) is 11.8. The van der Waals surface area contributed by atoms with Crippen molar-refractivity contribution in [1.82, 2.24) is 14.9 Å². The molecular weight excluding hydrogens is 430 g/mol. The number of guanidine groups is 1. The predicted octanol–water partition coefficient (Wildman–Crippen LogP) is 3.46. The summed E-state index contributed by atoms with van der Waals surface area (Å²) < 4.78 is 19.1. The van der Waals surface area contributed by atoms with Crippen molar-refractivity contribution >= 4 is 24.1 Å². The van der Waals surface area contributed by atoms with E-state index in [0.717, 1.165) is 28.1 Å². The number of nitrogens with one attached hydrogen (secondary N) is 1. The largest absolute Gasteiger partial charge is 0.496 e. The van der Waals surface area contributed by atoms with Gasteiger partial charge in [0.1, 0.15) is 23.3 Å². The molecule has 0 amide bonds. The number of ether oxygens (including phenoxy) is 3. The van der Waals surface area contributed by atoms with Crippen LogP contribution in [-0.4, -0.2) is 36.3 Å². The zero-order valence-electron chi connectivity index (χ0n) is 17.7. The fourth-order valence-corrected chi connectivity index (χ4v) is 4.07. The number of benzene rings is 2. The normalized spacial score (nSPS) is 16.9. The number of methoxy groups -OCH3 is 2. The zero-order valence-corrected chi connectivity index (χ0v) is 18.6. The maximum Gasteiger partial charge on any atom is 0.194 e. The van der Waals surface area contributed by atoms with Crippen molar-refractivity contribution in [2.75, 3.05) is 20.8 Å². The van der Waals surface area contributed by atoms with Crippen molar-refractivity contribution in [1.29, 1.82) is 0 Å². The molecule has 3 heterocycles. The lowest BCUT2D eigenvalue weighted by Crippen LogP contribution is -2.35. The number of imidazole rings is 1. The Kier molecular flexibility index (Phi) is 5.96. The number of halogens is 1. The summed E-state index contributed by atoms with van der Waals surface area (Å²) in [5, 5.41) is 3.25. The zero-order chi connectivity index (χ0) is 21.4. The second-order valence-electron chi connectivity index (χ2n) is 7.30. The Bertz CT molecular complexity index is 1170. The van der Waals surface area contributed by atoms with Crippen LogP contribution in [0.25, 0.3) is 11.4 Å². The molecule has 5 rings (SSSR count). The van der Waals surface area contributed by atoms with Crippen LogP contribution in [0.2, 0.25) is 0 Å². The lowest BCUT2D eigenvalue weighted by atomic mass is 9.91. The van der Waals surface area contributed by atoms with Gasteiger partial charge in [0.2, 0.25) is 0 Å². The average molecular weight is 454 g/mol. The second kappa shape index (κ2) is 8.84. The van der Waals surface area contributed by atoms with Gasteiger partial charge >= 0.3 is 0 Å². The lowest BCUT2D eigenvalue weighted by Gasteiger charge is -2.27. The molecule has 9 heteroatoms. The van der Waals surface area contributed by atoms with E-state index in [-0.39, 0.29) is 18.4 Å². The molecule has 3 aromatic rings. The molecule has 1 unspecified atom stereocenters. The van der Waals surface area contributed by atoms with Crippen molar-refractivity contribution in [2.24, 2.45) is 10.7 Å². The van der Waals surface area contributed by atoms with Gasteiger partial charge in [-0.2, -0.15) is 0 Å². The van der Waals surface area contributed by atoms with Gasteiger partial charge in [-0.05, 0) is 23.3 Å². The third kappa shape index (κ3) is 3.73. The minimum absolute atomic E-state index is 0. The van der Waals surface area contributed by atoms with Crippen LogP contribution in [0, 0.1) is 0 Å². The van der Waals surface area contributed by atoms with Gasteiger partial charge < -0.3 is 29.8 Å². The Morgan fingerprint density at radius 2 is 1.97 bits per heavy atom. The Balaban J connectivity index is 0.00000245. The van der Waals surface area contributed by atoms with E-state index >= 15 is 0 Å². The van der Waals surface area contributed by atoms with E-state index in [1.807, 2.05) is 22.9 Å². The van der Waals surface area contributed by atoms with E-state index in [0.29, 0.717) is 36.2 Å². The highest BCUT2D eigenvalue weighted by Crippen LogP contribution is 2.45. The average Bonchev–Trinajstić information content (AvgIpc) is 3.27. The standard InChI is InChI=1S/C23H23N5O3.ClH/c1-29-16-11-18(30-2)20-19(12-16)31-10-7-17-21(26-23(24)27-22(17)20)14-3-5-15(6-4-14)28-9-8-25-13-28;/h3-6,8-9,11-13,21H,7,10H2,1-2H3,(H3,24,26,27);1H. The van der Waals surface area contributed by atoms with E-state index < -0.39 is 0 Å². The molecule has 0 aliphatic carbocycles. The van der Waals surface area contributed by atoms with E-state index in [1.54, 1.807) is 26.7 Å². The van der Waals surface area contributed by atoms with Gasteiger partial charge in [0, 0.05) is 36.6 Å². The van der Waals surface area contributed by atoms with Gasteiger partial charge in [-0.25, -0.2) is 9.98 Å². The van der Waals surface area contributed by atoms with Crippen molar-refractivity contribution in [2.45, 2.75) is 12.5 Å². The van der Waals surface area contributed by atoms with Gasteiger partial charge in [0.25, 0.3) is 0 Å². The third-order valence-electron chi connectivity index (χ3n) is 5.56. The molecule has 8 nitrogen and oxygen atoms in total. The molecule has 1 atom stereocenters. The first-order valence-electron chi connectivity index (χ1n) is 9.98. The first-order chi connectivity index (χ1) is 15.2. The molecular formula is C23H24ClN5O3. The first-order valence-corrected chi connectivity index (χ1v) is 9.98. The fraction of sp³-hybridized carbons (Fsp3) is 0.217. The molecule has 0 spiro atoms. The van der Waals surface area contributed by atoms with E-state index in [2.05, 4.69) is 34.6 Å². The van der Waals surface area contributed by atoms with Crippen LogP contribution in [0.1, 0.15) is 23.6 Å². The van der Waals surface area contributed by atoms with Crippen LogP contribution >= 0.6 is 12.4 Å². The number of aromatic nitrogens is 2. The summed E-state index contributed by atoms with van der Waals surface area (Å²) in [5.74, 6) is 2.37. The molecule has 0 radical (unpaired) electrons. The number of hydrogen-bond acceptors (Lipinski definition) is 7. The number of nitrogens with two attached hydrogens (primary N) is 1. The summed E-state index contributed by atoms with van der Waals surface area (Å²) in [5.41, 5.74) is 11.1. The highest BCUT2D eigenvalue weighted by molar-refractivity contribution is 5.94. The molecule has 0 saturated carbocycles. The van der Waals surface area contributed by atoms with Gasteiger partial charge in [-0.15, -0.1) is 12.4 Å². The SMILES string of the molecule is COc1cc(OC)c2c(c1)OCCC1=C2NC(N)=NC1c1ccc(-n2ccnc2)cc1.Cl. The van der Waals surface area contributed by atoms with Crippen molar-refractivity contribution in [3.05, 3.63) is 71.8 Å². The molecule has 0 fully saturated rings. The number of aliphatic imine (C=N–C) groups is 1. The molecule has 32 heavy (non-hydrogen) atoms. The third-order valence-corrected chi connectivity index (χ3v) is 5.56. The van der Waals surface area contributed by atoms with E-state index in [4.69, 9.17) is 24.9 Å². The Labute approximate surface area is 192 Å². The van der Waals surface area contributed by atoms with E-state index in [1.165, 1.54) is 0 Å². The highest BCUT2D eigenvalue weighted by atomic mass is 35.5. The molecule has 0 saturated heterocycles. The van der Waals surface area contributed by atoms with Crippen molar-refractivity contribution in [3.8, 4) is 22.9 Å². The summed E-state index contributed by atoms with van der Waals surface area (Å²) in [7, 11) is 3.25. The number of fused-ring (bicyclic) bond motifs is 2. The van der Waals surface area contributed by atoms with Gasteiger partial charge in [-0.3, -0.25) is 0 Å². The topological polar surface area (TPSA) is 95.9 Å². The van der Waals surface area contributed by atoms with Crippen molar-refractivity contribution < 1.29 is 14.2 Å². The maximum atomic E-state index is 6.22. The predicted molar refractivity (Wildman–Crippen MR) is 125 cm³/mol. The van der Waals surface area contributed by atoms with Gasteiger partial charge in [0.15, 0.2) is 5.96 Å². The highest BCUT2D eigenvalue weighted by Gasteiger charge is 2.31. The maximum absolute atomic E-state index is 6.22. The van der Waals surface area contributed by atoms with Gasteiger partial charge in [-0.1, -0.05) is 12.1 Å². The minimum atomic E-state index is -0.213. The summed E-state index contributed by atoms with van der Waals surface area (Å²) in [6.45, 7) is 0.517. The summed E-state index contributed by atoms with van der Waals surface area (Å²) in [4.78, 5) is 8.83. The molecule has 2 aliphatic rings. The molecule has 2 aromatic carbocycles. The molecule has 3 N–H and O–H groups in total. The lowest BCUT2D eigenvalue weighted by molar-refractivity contribution is 0.315. The Hall–Kier alpha value is -3.65. The van der Waals surface area contributed by atoms with E-state index in [9.17, 15) is 0 Å². The first kappa shape index (κ1) is 21.6. The Morgan fingerprint density at radius 1 is 1.16 bits per heavy atom. The molecule has 166 valence electrons. The van der Waals surface area contributed by atoms with Gasteiger partial charge in [0.05, 0.1) is 38.4 Å². The number of nitrogens with zero attached hydrogens (tertiary/aromatic N) is 3. The van der Waals surface area contributed by atoms with Crippen molar-refractivity contribution in [3.63, 3.8) is 0 Å². The fourth-order valence-electron chi connectivity index (χ4n) is 4.07. The Morgan fingerprint density at radius 3 is 2.66 bits per heavy atom. The molecule has 2 aliphatic heterocycles. The summed E-state index contributed by atoms with van der Waals surface area (Å²) >= 11 is 0. The number of hydrogen-bond donors (Lipinski definition) is 2. The monoisotopic (exact) mass is 453 g/mol. The minimum Gasteiger partial charge on any atom is -0.496 e. The van der Waals surface area contributed by atoms with Crippen LogP contribution in [0.15, 0.2) is 65.7 Å².